The third-order valence-corrected chi connectivity index (χ3v) is 2.38. The molecule has 1 atom stereocenters. The SMILES string of the molecule is CCOCCN(CC)C(=O)NCC(OC)C(=O)O. The minimum absolute atomic E-state index is 0.0597. The van der Waals surface area contributed by atoms with Crippen LogP contribution in [0, 0.1) is 0 Å². The number of methoxy groups -OCH3 is 1. The van der Waals surface area contributed by atoms with Gasteiger partial charge in [-0.3, -0.25) is 0 Å². The zero-order valence-corrected chi connectivity index (χ0v) is 11.1. The molecule has 0 fully saturated rings. The molecule has 18 heavy (non-hydrogen) atoms. The molecule has 106 valence electrons. The van der Waals surface area contributed by atoms with Crippen molar-refractivity contribution in [3.63, 3.8) is 0 Å². The monoisotopic (exact) mass is 262 g/mol. The number of aliphatic carboxylic acids is 1. The van der Waals surface area contributed by atoms with Crippen LogP contribution in [0.3, 0.4) is 0 Å². The van der Waals surface area contributed by atoms with Crippen LogP contribution in [0.5, 0.6) is 0 Å². The Hall–Kier alpha value is -1.34. The topological polar surface area (TPSA) is 88.1 Å². The van der Waals surface area contributed by atoms with Gasteiger partial charge in [-0.25, -0.2) is 9.59 Å². The molecule has 0 aliphatic heterocycles. The minimum Gasteiger partial charge on any atom is -0.479 e. The van der Waals surface area contributed by atoms with Crippen LogP contribution in [0.4, 0.5) is 4.79 Å². The van der Waals surface area contributed by atoms with E-state index in [9.17, 15) is 9.59 Å². The Labute approximate surface area is 107 Å². The van der Waals surface area contributed by atoms with Gasteiger partial charge in [0.15, 0.2) is 6.10 Å². The molecule has 0 aromatic heterocycles. The predicted molar refractivity (Wildman–Crippen MR) is 65.6 cm³/mol. The highest BCUT2D eigenvalue weighted by atomic mass is 16.5. The molecule has 7 heteroatoms. The molecule has 0 aliphatic rings. The summed E-state index contributed by atoms with van der Waals surface area (Å²) in [6, 6.07) is -0.319. The van der Waals surface area contributed by atoms with Gasteiger partial charge in [-0.15, -0.1) is 0 Å². The molecule has 7 nitrogen and oxygen atoms in total. The van der Waals surface area contributed by atoms with Crippen LogP contribution >= 0.6 is 0 Å². The molecule has 0 spiro atoms. The van der Waals surface area contributed by atoms with Gasteiger partial charge in [0.25, 0.3) is 0 Å². The molecule has 2 N–H and O–H groups in total. The second kappa shape index (κ2) is 9.67. The highest BCUT2D eigenvalue weighted by Gasteiger charge is 2.19. The first kappa shape index (κ1) is 16.7. The largest absolute Gasteiger partial charge is 0.479 e. The van der Waals surface area contributed by atoms with Gasteiger partial charge in [-0.05, 0) is 13.8 Å². The van der Waals surface area contributed by atoms with Gasteiger partial charge < -0.3 is 24.8 Å². The molecular formula is C11H22N2O5. The van der Waals surface area contributed by atoms with Gasteiger partial charge in [-0.1, -0.05) is 0 Å². The first-order valence-corrected chi connectivity index (χ1v) is 5.92. The molecule has 0 saturated heterocycles. The average Bonchev–Trinajstić information content (AvgIpc) is 2.34. The van der Waals surface area contributed by atoms with Crippen LogP contribution in [-0.4, -0.2) is 68.1 Å². The number of carboxylic acids is 1. The molecule has 0 aromatic rings. The van der Waals surface area contributed by atoms with Crippen molar-refractivity contribution in [1.82, 2.24) is 10.2 Å². The Bertz CT molecular complexity index is 260. The van der Waals surface area contributed by atoms with E-state index in [1.165, 1.54) is 7.11 Å². The Morgan fingerprint density at radius 1 is 1.39 bits per heavy atom. The van der Waals surface area contributed by atoms with Crippen LogP contribution < -0.4 is 5.32 Å². The van der Waals surface area contributed by atoms with Crippen LogP contribution in [0.2, 0.25) is 0 Å². The number of ether oxygens (including phenoxy) is 2. The minimum atomic E-state index is -1.10. The van der Waals surface area contributed by atoms with Crippen LogP contribution in [-0.2, 0) is 14.3 Å². The molecule has 2 amide bonds. The second-order valence-corrected chi connectivity index (χ2v) is 3.53. The third-order valence-electron chi connectivity index (χ3n) is 2.38. The fourth-order valence-electron chi connectivity index (χ4n) is 1.29. The number of carbonyl (C=O) groups is 2. The fourth-order valence-corrected chi connectivity index (χ4v) is 1.29. The lowest BCUT2D eigenvalue weighted by Gasteiger charge is -2.22. The highest BCUT2D eigenvalue weighted by Crippen LogP contribution is 1.93. The van der Waals surface area contributed by atoms with Crippen molar-refractivity contribution in [2.45, 2.75) is 20.0 Å². The molecule has 0 rings (SSSR count). The zero-order chi connectivity index (χ0) is 14.0. The van der Waals surface area contributed by atoms with E-state index >= 15 is 0 Å². The summed E-state index contributed by atoms with van der Waals surface area (Å²) in [6.45, 7) is 5.73. The van der Waals surface area contributed by atoms with Gasteiger partial charge in [0, 0.05) is 26.8 Å². The van der Waals surface area contributed by atoms with E-state index in [4.69, 9.17) is 14.6 Å². The number of rotatable bonds is 9. The molecule has 1 unspecified atom stereocenters. The molecule has 0 bridgehead atoms. The summed E-state index contributed by atoms with van der Waals surface area (Å²) in [7, 11) is 1.29. The highest BCUT2D eigenvalue weighted by molar-refractivity contribution is 5.76. The summed E-state index contributed by atoms with van der Waals surface area (Å²) in [5, 5.41) is 11.3. The van der Waals surface area contributed by atoms with Crippen molar-refractivity contribution in [2.75, 3.05) is 40.0 Å². The number of carbonyl (C=O) groups excluding carboxylic acids is 1. The standard InChI is InChI=1S/C11H22N2O5/c1-4-13(6-7-18-5-2)11(16)12-8-9(17-3)10(14)15/h9H,4-8H2,1-3H3,(H,12,16)(H,14,15). The van der Waals surface area contributed by atoms with Gasteiger partial charge in [0.05, 0.1) is 13.2 Å². The predicted octanol–water partition coefficient (Wildman–Crippen LogP) is 0.154. The van der Waals surface area contributed by atoms with E-state index in [1.807, 2.05) is 13.8 Å². The maximum absolute atomic E-state index is 11.7. The number of carboxylic acid groups (broad SMARTS) is 1. The lowest BCUT2D eigenvalue weighted by molar-refractivity contribution is -0.148. The van der Waals surface area contributed by atoms with Gasteiger partial charge in [-0.2, -0.15) is 0 Å². The van der Waals surface area contributed by atoms with Crippen molar-refractivity contribution in [2.24, 2.45) is 0 Å². The normalized spacial score (nSPS) is 11.9. The van der Waals surface area contributed by atoms with Crippen molar-refractivity contribution >= 4 is 12.0 Å². The number of likely N-dealkylation sites (N-methyl/N-ethyl adjacent to an activating group) is 1. The molecule has 0 aliphatic carbocycles. The van der Waals surface area contributed by atoms with E-state index < -0.39 is 12.1 Å². The maximum atomic E-state index is 11.7. The van der Waals surface area contributed by atoms with Gasteiger partial charge in [0.2, 0.25) is 0 Å². The van der Waals surface area contributed by atoms with Gasteiger partial charge >= 0.3 is 12.0 Å². The van der Waals surface area contributed by atoms with E-state index in [2.05, 4.69) is 5.32 Å². The summed E-state index contributed by atoms with van der Waals surface area (Å²) in [5.74, 6) is -1.10. The van der Waals surface area contributed by atoms with Crippen LogP contribution in [0.25, 0.3) is 0 Å². The average molecular weight is 262 g/mol. The van der Waals surface area contributed by atoms with Crippen molar-refractivity contribution in [1.29, 1.82) is 0 Å². The number of nitrogens with one attached hydrogen (secondary N) is 1. The molecule has 0 aromatic carbocycles. The van der Waals surface area contributed by atoms with Crippen LogP contribution in [0.15, 0.2) is 0 Å². The van der Waals surface area contributed by atoms with E-state index in [0.29, 0.717) is 26.3 Å². The quantitative estimate of drug-likeness (QED) is 0.578. The first-order valence-electron chi connectivity index (χ1n) is 5.92. The second-order valence-electron chi connectivity index (χ2n) is 3.53. The smallest absolute Gasteiger partial charge is 0.334 e. The van der Waals surface area contributed by atoms with Crippen molar-refractivity contribution in [3.05, 3.63) is 0 Å². The molecule has 0 saturated carbocycles. The van der Waals surface area contributed by atoms with E-state index in [-0.39, 0.29) is 12.6 Å². The molecule has 0 radical (unpaired) electrons. The number of nitrogens with zero attached hydrogens (tertiary/aromatic N) is 1. The Kier molecular flexibility index (Phi) is 8.95. The molecule has 0 heterocycles. The Morgan fingerprint density at radius 2 is 2.06 bits per heavy atom. The van der Waals surface area contributed by atoms with Crippen molar-refractivity contribution in [3.8, 4) is 0 Å². The summed E-state index contributed by atoms with van der Waals surface area (Å²) < 4.78 is 9.88. The lowest BCUT2D eigenvalue weighted by Crippen LogP contribution is -2.46. The van der Waals surface area contributed by atoms with Crippen LogP contribution in [0.1, 0.15) is 13.8 Å². The number of hydrogen-bond acceptors (Lipinski definition) is 4. The summed E-state index contributed by atoms with van der Waals surface area (Å²) >= 11 is 0. The van der Waals surface area contributed by atoms with Crippen molar-refractivity contribution < 1.29 is 24.2 Å². The maximum Gasteiger partial charge on any atom is 0.334 e. The third kappa shape index (κ3) is 6.41. The summed E-state index contributed by atoms with van der Waals surface area (Å²) in [6.07, 6.45) is -1.03. The summed E-state index contributed by atoms with van der Waals surface area (Å²) in [5.41, 5.74) is 0. The Morgan fingerprint density at radius 3 is 2.50 bits per heavy atom. The number of amides is 2. The van der Waals surface area contributed by atoms with E-state index in [0.717, 1.165) is 0 Å². The summed E-state index contributed by atoms with van der Waals surface area (Å²) in [4.78, 5) is 24.0. The van der Waals surface area contributed by atoms with E-state index in [1.54, 1.807) is 4.90 Å². The first-order chi connectivity index (χ1) is 8.56. The zero-order valence-electron chi connectivity index (χ0n) is 11.1. The number of urea groups is 1. The Balaban J connectivity index is 4.06. The van der Waals surface area contributed by atoms with Gasteiger partial charge in [0.1, 0.15) is 0 Å². The molecular weight excluding hydrogens is 240 g/mol. The fraction of sp³-hybridized carbons (Fsp3) is 0.818. The number of hydrogen-bond donors (Lipinski definition) is 2. The lowest BCUT2D eigenvalue weighted by atomic mass is 10.3.